The number of rotatable bonds is 6. The van der Waals surface area contributed by atoms with Crippen molar-refractivity contribution in [3.8, 4) is 5.75 Å². The van der Waals surface area contributed by atoms with Crippen molar-refractivity contribution in [2.45, 2.75) is 26.3 Å². The molecule has 0 saturated heterocycles. The molecule has 0 spiro atoms. The molecule has 106 valence electrons. The van der Waals surface area contributed by atoms with E-state index in [9.17, 15) is 0 Å². The number of anilines is 1. The zero-order chi connectivity index (χ0) is 14.4. The molecule has 2 rings (SSSR count). The molecule has 0 amide bonds. The molecule has 2 aromatic rings. The highest BCUT2D eigenvalue weighted by Gasteiger charge is 2.03. The van der Waals surface area contributed by atoms with E-state index in [1.807, 2.05) is 18.2 Å². The van der Waals surface area contributed by atoms with Gasteiger partial charge < -0.3 is 10.1 Å². The summed E-state index contributed by atoms with van der Waals surface area (Å²) in [4.78, 5) is 0. The number of hydrogen-bond donors (Lipinski definition) is 1. The average molecular weight is 290 g/mol. The molecule has 0 radical (unpaired) electrons. The van der Waals surface area contributed by atoms with E-state index >= 15 is 0 Å². The summed E-state index contributed by atoms with van der Waals surface area (Å²) in [6.45, 7) is 2.88. The van der Waals surface area contributed by atoms with Gasteiger partial charge in [0.25, 0.3) is 0 Å². The molecule has 0 unspecified atom stereocenters. The van der Waals surface area contributed by atoms with Crippen molar-refractivity contribution in [1.29, 1.82) is 0 Å². The van der Waals surface area contributed by atoms with Gasteiger partial charge in [0.2, 0.25) is 0 Å². The summed E-state index contributed by atoms with van der Waals surface area (Å²) in [5.41, 5.74) is 3.53. The predicted molar refractivity (Wildman–Crippen MR) is 85.8 cm³/mol. The Kier molecular flexibility index (Phi) is 5.31. The average Bonchev–Trinajstić information content (AvgIpc) is 2.47. The van der Waals surface area contributed by atoms with E-state index < -0.39 is 0 Å². The van der Waals surface area contributed by atoms with Gasteiger partial charge in [0.05, 0.1) is 7.11 Å². The van der Waals surface area contributed by atoms with Crippen LogP contribution in [0.3, 0.4) is 0 Å². The highest BCUT2D eigenvalue weighted by Crippen LogP contribution is 2.23. The fourth-order valence-electron chi connectivity index (χ4n) is 2.16. The molecule has 0 aliphatic rings. The van der Waals surface area contributed by atoms with Crippen LogP contribution < -0.4 is 10.1 Å². The zero-order valence-electron chi connectivity index (χ0n) is 11.9. The first-order valence-corrected chi connectivity index (χ1v) is 7.26. The van der Waals surface area contributed by atoms with Gasteiger partial charge in [0, 0.05) is 22.8 Å². The van der Waals surface area contributed by atoms with Crippen LogP contribution in [0, 0.1) is 0 Å². The van der Waals surface area contributed by atoms with Crippen molar-refractivity contribution in [3.63, 3.8) is 0 Å². The number of hydrogen-bond acceptors (Lipinski definition) is 2. The molecule has 0 fully saturated rings. The smallest absolute Gasteiger partial charge is 0.123 e. The van der Waals surface area contributed by atoms with Crippen LogP contribution in [0.25, 0.3) is 0 Å². The highest BCUT2D eigenvalue weighted by atomic mass is 35.5. The molecule has 0 aromatic heterocycles. The maximum atomic E-state index is 6.03. The molecule has 1 N–H and O–H groups in total. The van der Waals surface area contributed by atoms with Gasteiger partial charge in [0.15, 0.2) is 0 Å². The third kappa shape index (κ3) is 3.91. The monoisotopic (exact) mass is 289 g/mol. The first-order valence-electron chi connectivity index (χ1n) is 6.88. The Morgan fingerprint density at radius 2 is 1.85 bits per heavy atom. The van der Waals surface area contributed by atoms with Crippen molar-refractivity contribution in [2.24, 2.45) is 0 Å². The summed E-state index contributed by atoms with van der Waals surface area (Å²) in [5.74, 6) is 0.851. The third-order valence-corrected chi connectivity index (χ3v) is 3.45. The summed E-state index contributed by atoms with van der Waals surface area (Å²) >= 11 is 6.03. The molecule has 0 aliphatic heterocycles. The van der Waals surface area contributed by atoms with Crippen LogP contribution >= 0.6 is 11.6 Å². The lowest BCUT2D eigenvalue weighted by Gasteiger charge is -2.11. The van der Waals surface area contributed by atoms with E-state index in [0.29, 0.717) is 6.54 Å². The number of halogens is 1. The molecular formula is C17H20ClNO. The van der Waals surface area contributed by atoms with Crippen LogP contribution in [0.5, 0.6) is 5.75 Å². The van der Waals surface area contributed by atoms with Crippen LogP contribution in [-0.4, -0.2) is 7.11 Å². The quantitative estimate of drug-likeness (QED) is 0.815. The highest BCUT2D eigenvalue weighted by molar-refractivity contribution is 6.30. The zero-order valence-corrected chi connectivity index (χ0v) is 12.7. The maximum absolute atomic E-state index is 6.03. The molecule has 0 heterocycles. The van der Waals surface area contributed by atoms with E-state index in [0.717, 1.165) is 28.4 Å². The van der Waals surface area contributed by atoms with Gasteiger partial charge in [-0.15, -0.1) is 0 Å². The second kappa shape index (κ2) is 7.20. The van der Waals surface area contributed by atoms with Crippen LogP contribution in [0.2, 0.25) is 5.02 Å². The largest absolute Gasteiger partial charge is 0.496 e. The molecule has 0 aliphatic carbocycles. The molecule has 0 atom stereocenters. The molecule has 2 aromatic carbocycles. The van der Waals surface area contributed by atoms with E-state index in [-0.39, 0.29) is 0 Å². The number of aryl methyl sites for hydroxylation is 1. The number of nitrogens with one attached hydrogen (secondary N) is 1. The van der Waals surface area contributed by atoms with E-state index in [1.54, 1.807) is 7.11 Å². The van der Waals surface area contributed by atoms with Gasteiger partial charge in [-0.25, -0.2) is 0 Å². The van der Waals surface area contributed by atoms with E-state index in [2.05, 4.69) is 36.5 Å². The number of benzene rings is 2. The first kappa shape index (κ1) is 14.7. The van der Waals surface area contributed by atoms with E-state index in [1.165, 1.54) is 12.0 Å². The lowest BCUT2D eigenvalue weighted by molar-refractivity contribution is 0.410. The minimum Gasteiger partial charge on any atom is -0.496 e. The SMILES string of the molecule is CCCc1ccc(NCc2cc(Cl)ccc2OC)cc1. The molecule has 2 nitrogen and oxygen atoms in total. The van der Waals surface area contributed by atoms with Gasteiger partial charge in [-0.1, -0.05) is 37.1 Å². The minimum atomic E-state index is 0.691. The second-order valence-corrected chi connectivity index (χ2v) is 5.19. The van der Waals surface area contributed by atoms with Crippen LogP contribution in [-0.2, 0) is 13.0 Å². The van der Waals surface area contributed by atoms with Crippen molar-refractivity contribution in [3.05, 3.63) is 58.6 Å². The summed E-state index contributed by atoms with van der Waals surface area (Å²) in [5, 5.41) is 4.12. The standard InChI is InChI=1S/C17H20ClNO/c1-3-4-13-5-8-16(9-6-13)19-12-14-11-15(18)7-10-17(14)20-2/h5-11,19H,3-4,12H2,1-2H3. The summed E-state index contributed by atoms with van der Waals surface area (Å²) in [6, 6.07) is 14.2. The summed E-state index contributed by atoms with van der Waals surface area (Å²) in [7, 11) is 1.67. The lowest BCUT2D eigenvalue weighted by Crippen LogP contribution is -2.01. The van der Waals surface area contributed by atoms with Gasteiger partial charge in [-0.2, -0.15) is 0 Å². The van der Waals surface area contributed by atoms with Crippen molar-refractivity contribution < 1.29 is 4.74 Å². The Hall–Kier alpha value is -1.67. The minimum absolute atomic E-state index is 0.691. The summed E-state index contributed by atoms with van der Waals surface area (Å²) in [6.07, 6.45) is 2.30. The topological polar surface area (TPSA) is 21.3 Å². The lowest BCUT2D eigenvalue weighted by atomic mass is 10.1. The van der Waals surface area contributed by atoms with Crippen LogP contribution in [0.4, 0.5) is 5.69 Å². The third-order valence-electron chi connectivity index (χ3n) is 3.22. The fraction of sp³-hybridized carbons (Fsp3) is 0.294. The van der Waals surface area contributed by atoms with Crippen molar-refractivity contribution in [2.75, 3.05) is 12.4 Å². The molecule has 3 heteroatoms. The first-order chi connectivity index (χ1) is 9.72. The maximum Gasteiger partial charge on any atom is 0.123 e. The van der Waals surface area contributed by atoms with Gasteiger partial charge in [0.1, 0.15) is 5.75 Å². The van der Waals surface area contributed by atoms with Gasteiger partial charge >= 0.3 is 0 Å². The number of methoxy groups -OCH3 is 1. The Bertz CT molecular complexity index is 551. The van der Waals surface area contributed by atoms with Crippen molar-refractivity contribution in [1.82, 2.24) is 0 Å². The fourth-order valence-corrected chi connectivity index (χ4v) is 2.36. The molecule has 0 saturated carbocycles. The summed E-state index contributed by atoms with van der Waals surface area (Å²) < 4.78 is 5.34. The van der Waals surface area contributed by atoms with Crippen molar-refractivity contribution >= 4 is 17.3 Å². The van der Waals surface area contributed by atoms with E-state index in [4.69, 9.17) is 16.3 Å². The Morgan fingerprint density at radius 3 is 2.50 bits per heavy atom. The normalized spacial score (nSPS) is 10.3. The molecule has 0 bridgehead atoms. The van der Waals surface area contributed by atoms with Gasteiger partial charge in [-0.3, -0.25) is 0 Å². The second-order valence-electron chi connectivity index (χ2n) is 4.76. The number of ether oxygens (including phenoxy) is 1. The van der Waals surface area contributed by atoms with Crippen LogP contribution in [0.15, 0.2) is 42.5 Å². The molecule has 20 heavy (non-hydrogen) atoms. The Labute approximate surface area is 125 Å². The Morgan fingerprint density at radius 1 is 1.10 bits per heavy atom. The Balaban J connectivity index is 2.02. The van der Waals surface area contributed by atoms with Crippen LogP contribution in [0.1, 0.15) is 24.5 Å². The molecular weight excluding hydrogens is 270 g/mol. The van der Waals surface area contributed by atoms with Gasteiger partial charge in [-0.05, 0) is 42.3 Å². The predicted octanol–water partition coefficient (Wildman–Crippen LogP) is 4.91.